The van der Waals surface area contributed by atoms with Gasteiger partial charge in [-0.05, 0) is 23.8 Å². The van der Waals surface area contributed by atoms with Crippen LogP contribution in [0.5, 0.6) is 0 Å². The summed E-state index contributed by atoms with van der Waals surface area (Å²) in [6.45, 7) is 4.35. The number of rotatable bonds is 6. The zero-order valence-corrected chi connectivity index (χ0v) is 17.3. The van der Waals surface area contributed by atoms with Crippen molar-refractivity contribution in [3.05, 3.63) is 76.4 Å². The lowest BCUT2D eigenvalue weighted by atomic mass is 10.0. The van der Waals surface area contributed by atoms with Gasteiger partial charge >= 0.3 is 0 Å². The van der Waals surface area contributed by atoms with E-state index in [2.05, 4.69) is 22.8 Å². The molecule has 1 aliphatic rings. The summed E-state index contributed by atoms with van der Waals surface area (Å²) in [6.07, 6.45) is 3.53. The second-order valence-corrected chi connectivity index (χ2v) is 7.89. The van der Waals surface area contributed by atoms with E-state index >= 15 is 0 Å². The third-order valence-corrected chi connectivity index (χ3v) is 5.31. The summed E-state index contributed by atoms with van der Waals surface area (Å²) in [6, 6.07) is 17.6. The van der Waals surface area contributed by atoms with Gasteiger partial charge in [0.05, 0.1) is 13.1 Å². The molecule has 0 radical (unpaired) electrons. The minimum absolute atomic E-state index is 0.115. The highest BCUT2D eigenvalue weighted by Gasteiger charge is 2.24. The SMILES string of the molecule is CC(=O)N/C(=C\c1ccccc1)C(=O)NC1CC[NH+](Cc2ccc(Cl)cc2)CC1. The van der Waals surface area contributed by atoms with E-state index in [4.69, 9.17) is 11.6 Å². The van der Waals surface area contributed by atoms with Gasteiger partial charge in [0.1, 0.15) is 12.2 Å². The van der Waals surface area contributed by atoms with Crippen LogP contribution in [0.1, 0.15) is 30.9 Å². The molecule has 2 aromatic rings. The van der Waals surface area contributed by atoms with Crippen LogP contribution in [0.25, 0.3) is 6.08 Å². The number of carbonyl (C=O) groups excluding carboxylic acids is 2. The number of carbonyl (C=O) groups is 2. The number of halogens is 1. The van der Waals surface area contributed by atoms with E-state index < -0.39 is 0 Å². The maximum atomic E-state index is 12.7. The first-order valence-corrected chi connectivity index (χ1v) is 10.3. The molecular formula is C23H27ClN3O2+. The molecule has 2 amide bonds. The minimum Gasteiger partial charge on any atom is -0.348 e. The molecule has 152 valence electrons. The fraction of sp³-hybridized carbons (Fsp3) is 0.304. The predicted molar refractivity (Wildman–Crippen MR) is 115 cm³/mol. The molecule has 1 aliphatic heterocycles. The lowest BCUT2D eigenvalue weighted by Crippen LogP contribution is -3.12. The molecule has 2 aromatic carbocycles. The van der Waals surface area contributed by atoms with E-state index in [9.17, 15) is 9.59 Å². The summed E-state index contributed by atoms with van der Waals surface area (Å²) in [5.74, 6) is -0.500. The van der Waals surface area contributed by atoms with Crippen LogP contribution < -0.4 is 15.5 Å². The Labute approximate surface area is 176 Å². The van der Waals surface area contributed by atoms with Gasteiger partial charge in [0.2, 0.25) is 5.91 Å². The van der Waals surface area contributed by atoms with Crippen molar-refractivity contribution in [3.8, 4) is 0 Å². The van der Waals surface area contributed by atoms with Gasteiger partial charge in [0.15, 0.2) is 0 Å². The van der Waals surface area contributed by atoms with Gasteiger partial charge in [-0.25, -0.2) is 0 Å². The molecule has 29 heavy (non-hydrogen) atoms. The van der Waals surface area contributed by atoms with Gasteiger partial charge in [-0.2, -0.15) is 0 Å². The van der Waals surface area contributed by atoms with E-state index in [-0.39, 0.29) is 23.6 Å². The molecule has 0 spiro atoms. The molecule has 0 bridgehead atoms. The number of quaternary nitrogens is 1. The van der Waals surface area contributed by atoms with Crippen molar-refractivity contribution in [2.24, 2.45) is 0 Å². The summed E-state index contributed by atoms with van der Waals surface area (Å²) in [5, 5.41) is 6.49. The number of amides is 2. The van der Waals surface area contributed by atoms with Crippen molar-refractivity contribution < 1.29 is 14.5 Å². The Morgan fingerprint density at radius 1 is 1.07 bits per heavy atom. The van der Waals surface area contributed by atoms with Crippen molar-refractivity contribution >= 4 is 29.5 Å². The standard InChI is InChI=1S/C23H26ClN3O2/c1-17(28)25-22(15-18-5-3-2-4-6-18)23(29)26-21-11-13-27(14-12-21)16-19-7-9-20(24)10-8-19/h2-10,15,21H,11-14,16H2,1H3,(H,25,28)(H,26,29)/p+1/b22-15-. The highest BCUT2D eigenvalue weighted by Crippen LogP contribution is 2.10. The van der Waals surface area contributed by atoms with Gasteiger partial charge in [-0.3, -0.25) is 9.59 Å². The van der Waals surface area contributed by atoms with Gasteiger partial charge < -0.3 is 15.5 Å². The van der Waals surface area contributed by atoms with Crippen LogP contribution in [-0.2, 0) is 16.1 Å². The number of piperidine rings is 1. The number of hydrogen-bond donors (Lipinski definition) is 3. The van der Waals surface area contributed by atoms with Crippen LogP contribution in [0, 0.1) is 0 Å². The first-order chi connectivity index (χ1) is 14.0. The molecule has 0 saturated carbocycles. The molecule has 1 heterocycles. The van der Waals surface area contributed by atoms with E-state index in [1.165, 1.54) is 17.4 Å². The molecule has 6 heteroatoms. The molecule has 3 N–H and O–H groups in total. The average Bonchev–Trinajstić information content (AvgIpc) is 2.71. The third kappa shape index (κ3) is 6.73. The molecule has 1 saturated heterocycles. The second-order valence-electron chi connectivity index (χ2n) is 7.45. The molecule has 0 aliphatic carbocycles. The smallest absolute Gasteiger partial charge is 0.268 e. The Hall–Kier alpha value is -2.63. The number of benzene rings is 2. The van der Waals surface area contributed by atoms with Gasteiger partial charge in [0.25, 0.3) is 5.91 Å². The van der Waals surface area contributed by atoms with Crippen molar-refractivity contribution in [1.82, 2.24) is 10.6 Å². The fourth-order valence-corrected chi connectivity index (χ4v) is 3.69. The van der Waals surface area contributed by atoms with E-state index in [1.807, 2.05) is 42.5 Å². The van der Waals surface area contributed by atoms with Gasteiger partial charge in [0, 0.05) is 36.4 Å². The van der Waals surface area contributed by atoms with E-state index in [1.54, 1.807) is 6.08 Å². The van der Waals surface area contributed by atoms with Crippen LogP contribution >= 0.6 is 11.6 Å². The summed E-state index contributed by atoms with van der Waals surface area (Å²) >= 11 is 5.95. The van der Waals surface area contributed by atoms with Crippen molar-refractivity contribution in [1.29, 1.82) is 0 Å². The van der Waals surface area contributed by atoms with Crippen LogP contribution in [0.3, 0.4) is 0 Å². The Bertz CT molecular complexity index is 857. The van der Waals surface area contributed by atoms with Crippen LogP contribution in [0.15, 0.2) is 60.3 Å². The topological polar surface area (TPSA) is 62.6 Å². The molecule has 0 atom stereocenters. The van der Waals surface area contributed by atoms with Gasteiger partial charge in [-0.1, -0.05) is 54.1 Å². The second kappa shape index (κ2) is 10.2. The highest BCUT2D eigenvalue weighted by molar-refractivity contribution is 6.30. The molecule has 0 aromatic heterocycles. The largest absolute Gasteiger partial charge is 0.348 e. The van der Waals surface area contributed by atoms with Crippen molar-refractivity contribution in [2.45, 2.75) is 32.4 Å². The summed E-state index contributed by atoms with van der Waals surface area (Å²) in [5.41, 5.74) is 2.42. The maximum Gasteiger partial charge on any atom is 0.268 e. The monoisotopic (exact) mass is 412 g/mol. The first kappa shape index (κ1) is 21.1. The third-order valence-electron chi connectivity index (χ3n) is 5.06. The van der Waals surface area contributed by atoms with Crippen LogP contribution in [0.4, 0.5) is 0 Å². The van der Waals surface area contributed by atoms with Crippen molar-refractivity contribution in [2.75, 3.05) is 13.1 Å². The highest BCUT2D eigenvalue weighted by atomic mass is 35.5. The van der Waals surface area contributed by atoms with Crippen molar-refractivity contribution in [3.63, 3.8) is 0 Å². The summed E-state index contributed by atoms with van der Waals surface area (Å²) in [4.78, 5) is 25.8. The Balaban J connectivity index is 1.55. The lowest BCUT2D eigenvalue weighted by Gasteiger charge is -2.30. The van der Waals surface area contributed by atoms with E-state index in [0.29, 0.717) is 0 Å². The molecule has 1 fully saturated rings. The zero-order valence-electron chi connectivity index (χ0n) is 16.6. The minimum atomic E-state index is -0.260. The normalized spacial score (nSPS) is 19.4. The van der Waals surface area contributed by atoms with Crippen LogP contribution in [-0.4, -0.2) is 30.9 Å². The molecular weight excluding hydrogens is 386 g/mol. The maximum absolute atomic E-state index is 12.7. The summed E-state index contributed by atoms with van der Waals surface area (Å²) in [7, 11) is 0. The molecule has 5 nitrogen and oxygen atoms in total. The fourth-order valence-electron chi connectivity index (χ4n) is 3.57. The summed E-state index contributed by atoms with van der Waals surface area (Å²) < 4.78 is 0. The zero-order chi connectivity index (χ0) is 20.6. The average molecular weight is 413 g/mol. The number of likely N-dealkylation sites (tertiary alicyclic amines) is 1. The Kier molecular flexibility index (Phi) is 7.44. The lowest BCUT2D eigenvalue weighted by molar-refractivity contribution is -0.918. The Morgan fingerprint density at radius 3 is 2.34 bits per heavy atom. The number of hydrogen-bond acceptors (Lipinski definition) is 2. The predicted octanol–water partition coefficient (Wildman–Crippen LogP) is 2.18. The first-order valence-electron chi connectivity index (χ1n) is 9.93. The molecule has 3 rings (SSSR count). The number of nitrogens with one attached hydrogen (secondary N) is 3. The molecule has 0 unspecified atom stereocenters. The quantitative estimate of drug-likeness (QED) is 0.637. The van der Waals surface area contributed by atoms with Gasteiger partial charge in [-0.15, -0.1) is 0 Å². The Morgan fingerprint density at radius 2 is 1.72 bits per heavy atom. The van der Waals surface area contributed by atoms with E-state index in [0.717, 1.165) is 43.1 Å². The van der Waals surface area contributed by atoms with Crippen LogP contribution in [0.2, 0.25) is 5.02 Å².